The molecule has 2 heterocycles. The van der Waals surface area contributed by atoms with Crippen molar-refractivity contribution in [2.24, 2.45) is 5.92 Å². The van der Waals surface area contributed by atoms with E-state index in [-0.39, 0.29) is 11.0 Å². The fourth-order valence-corrected chi connectivity index (χ4v) is 2.59. The number of hydrogen-bond acceptors (Lipinski definition) is 3. The highest BCUT2D eigenvalue weighted by atomic mass is 35.5. The van der Waals surface area contributed by atoms with E-state index in [4.69, 9.17) is 11.6 Å². The number of piperidine rings is 1. The van der Waals surface area contributed by atoms with Gasteiger partial charge in [-0.05, 0) is 44.0 Å². The van der Waals surface area contributed by atoms with Crippen LogP contribution in [0, 0.1) is 5.92 Å². The fraction of sp³-hybridized carbons (Fsp3) is 0.643. The Morgan fingerprint density at radius 2 is 2.00 bits per heavy atom. The van der Waals surface area contributed by atoms with Gasteiger partial charge in [-0.3, -0.25) is 0 Å². The summed E-state index contributed by atoms with van der Waals surface area (Å²) in [7, 11) is 0. The SMILES string of the molecule is CC1CCN(CCNc2cc(C(F)(F)F)cc(Cl)n2)CC1. The van der Waals surface area contributed by atoms with E-state index in [9.17, 15) is 13.2 Å². The van der Waals surface area contributed by atoms with Gasteiger partial charge in [0, 0.05) is 13.1 Å². The molecule has 0 aromatic carbocycles. The lowest BCUT2D eigenvalue weighted by Crippen LogP contribution is -2.36. The van der Waals surface area contributed by atoms with Gasteiger partial charge in [0.05, 0.1) is 5.56 Å². The molecule has 0 aliphatic carbocycles. The summed E-state index contributed by atoms with van der Waals surface area (Å²) >= 11 is 5.64. The molecule has 1 aliphatic heterocycles. The molecule has 1 saturated heterocycles. The lowest BCUT2D eigenvalue weighted by Gasteiger charge is -2.30. The summed E-state index contributed by atoms with van der Waals surface area (Å²) in [5.74, 6) is 0.929. The maximum atomic E-state index is 12.7. The summed E-state index contributed by atoms with van der Waals surface area (Å²) in [4.78, 5) is 6.19. The highest BCUT2D eigenvalue weighted by Crippen LogP contribution is 2.31. The van der Waals surface area contributed by atoms with Crippen molar-refractivity contribution in [1.82, 2.24) is 9.88 Å². The summed E-state index contributed by atoms with van der Waals surface area (Å²) < 4.78 is 38.0. The standard InChI is InChI=1S/C14H19ClF3N3/c1-10-2-5-21(6-3-10)7-4-19-13-9-11(14(16,17)18)8-12(15)20-13/h8-10H,2-7H2,1H3,(H,19,20). The van der Waals surface area contributed by atoms with Gasteiger partial charge in [0.15, 0.2) is 0 Å². The largest absolute Gasteiger partial charge is 0.416 e. The fourth-order valence-electron chi connectivity index (χ4n) is 2.38. The van der Waals surface area contributed by atoms with Crippen LogP contribution in [0.4, 0.5) is 19.0 Å². The van der Waals surface area contributed by atoms with Gasteiger partial charge in [-0.1, -0.05) is 18.5 Å². The smallest absolute Gasteiger partial charge is 0.369 e. The van der Waals surface area contributed by atoms with Gasteiger partial charge in [-0.15, -0.1) is 0 Å². The molecule has 0 saturated carbocycles. The topological polar surface area (TPSA) is 28.2 Å². The lowest BCUT2D eigenvalue weighted by atomic mass is 9.99. The summed E-state index contributed by atoms with van der Waals surface area (Å²) in [6.07, 6.45) is -2.06. The minimum absolute atomic E-state index is 0.154. The molecule has 0 spiro atoms. The molecule has 1 aromatic heterocycles. The number of pyridine rings is 1. The Labute approximate surface area is 127 Å². The van der Waals surface area contributed by atoms with Gasteiger partial charge in [0.2, 0.25) is 0 Å². The van der Waals surface area contributed by atoms with Crippen LogP contribution in [0.25, 0.3) is 0 Å². The van der Waals surface area contributed by atoms with E-state index < -0.39 is 11.7 Å². The molecule has 0 atom stereocenters. The summed E-state index contributed by atoms with van der Waals surface area (Å²) in [6.45, 7) is 5.67. The van der Waals surface area contributed by atoms with E-state index in [1.165, 1.54) is 12.8 Å². The molecule has 3 nitrogen and oxygen atoms in total. The highest BCUT2D eigenvalue weighted by Gasteiger charge is 2.31. The van der Waals surface area contributed by atoms with Crippen LogP contribution in [-0.2, 0) is 6.18 Å². The molecule has 7 heteroatoms. The van der Waals surface area contributed by atoms with Crippen molar-refractivity contribution in [3.8, 4) is 0 Å². The molecule has 0 unspecified atom stereocenters. The number of nitrogens with zero attached hydrogens (tertiary/aromatic N) is 2. The predicted octanol–water partition coefficient (Wildman–Crippen LogP) is 3.90. The van der Waals surface area contributed by atoms with Crippen LogP contribution in [0.3, 0.4) is 0 Å². The number of nitrogens with one attached hydrogen (secondary N) is 1. The van der Waals surface area contributed by atoms with Crippen LogP contribution in [-0.4, -0.2) is 36.1 Å². The lowest BCUT2D eigenvalue weighted by molar-refractivity contribution is -0.137. The Morgan fingerprint density at radius 1 is 1.33 bits per heavy atom. The second-order valence-electron chi connectivity index (χ2n) is 5.51. The molecule has 0 radical (unpaired) electrons. The summed E-state index contributed by atoms with van der Waals surface area (Å²) in [5, 5.41) is 2.77. The normalized spacial score (nSPS) is 18.0. The van der Waals surface area contributed by atoms with E-state index in [1.807, 2.05) is 0 Å². The van der Waals surface area contributed by atoms with Crippen LogP contribution >= 0.6 is 11.6 Å². The van der Waals surface area contributed by atoms with Gasteiger partial charge < -0.3 is 10.2 Å². The van der Waals surface area contributed by atoms with Crippen LogP contribution < -0.4 is 5.32 Å². The van der Waals surface area contributed by atoms with E-state index >= 15 is 0 Å². The predicted molar refractivity (Wildman–Crippen MR) is 77.6 cm³/mol. The highest BCUT2D eigenvalue weighted by molar-refractivity contribution is 6.29. The third kappa shape index (κ3) is 5.04. The monoisotopic (exact) mass is 321 g/mol. The van der Waals surface area contributed by atoms with Gasteiger partial charge in [-0.25, -0.2) is 4.98 Å². The third-order valence-electron chi connectivity index (χ3n) is 3.73. The number of alkyl halides is 3. The molecule has 1 aliphatic rings. The number of anilines is 1. The molecule has 1 fully saturated rings. The Hall–Kier alpha value is -1.01. The van der Waals surface area contributed by atoms with Gasteiger partial charge in [0.1, 0.15) is 11.0 Å². The van der Waals surface area contributed by atoms with E-state index in [0.29, 0.717) is 6.54 Å². The average molecular weight is 322 g/mol. The van der Waals surface area contributed by atoms with Crippen molar-refractivity contribution in [2.75, 3.05) is 31.5 Å². The van der Waals surface area contributed by atoms with Crippen molar-refractivity contribution < 1.29 is 13.2 Å². The van der Waals surface area contributed by atoms with Crippen molar-refractivity contribution in [3.63, 3.8) is 0 Å². The minimum Gasteiger partial charge on any atom is -0.369 e. The number of hydrogen-bond donors (Lipinski definition) is 1. The van der Waals surface area contributed by atoms with Crippen molar-refractivity contribution >= 4 is 17.4 Å². The first-order valence-corrected chi connectivity index (χ1v) is 7.43. The molecule has 2 rings (SSSR count). The molecule has 1 aromatic rings. The van der Waals surface area contributed by atoms with Gasteiger partial charge in [0.25, 0.3) is 0 Å². The Balaban J connectivity index is 1.87. The van der Waals surface area contributed by atoms with Crippen molar-refractivity contribution in [3.05, 3.63) is 22.8 Å². The van der Waals surface area contributed by atoms with Crippen LogP contribution in [0.5, 0.6) is 0 Å². The van der Waals surface area contributed by atoms with Crippen molar-refractivity contribution in [1.29, 1.82) is 0 Å². The van der Waals surface area contributed by atoms with Crippen LogP contribution in [0.1, 0.15) is 25.3 Å². The number of likely N-dealkylation sites (tertiary alicyclic amines) is 1. The zero-order valence-corrected chi connectivity index (χ0v) is 12.6. The zero-order chi connectivity index (χ0) is 15.5. The van der Waals surface area contributed by atoms with Crippen LogP contribution in [0.15, 0.2) is 12.1 Å². The first-order valence-electron chi connectivity index (χ1n) is 7.05. The van der Waals surface area contributed by atoms with Crippen molar-refractivity contribution in [2.45, 2.75) is 25.9 Å². The molecule has 0 amide bonds. The average Bonchev–Trinajstić information content (AvgIpc) is 2.39. The molecular formula is C14H19ClF3N3. The maximum absolute atomic E-state index is 12.7. The quantitative estimate of drug-likeness (QED) is 0.853. The van der Waals surface area contributed by atoms with E-state index in [1.54, 1.807) is 0 Å². The minimum atomic E-state index is -4.41. The Kier molecular flexibility index (Phi) is 5.32. The van der Waals surface area contributed by atoms with E-state index in [2.05, 4.69) is 22.1 Å². The molecule has 1 N–H and O–H groups in total. The number of aromatic nitrogens is 1. The maximum Gasteiger partial charge on any atom is 0.416 e. The first kappa shape index (κ1) is 16.4. The van der Waals surface area contributed by atoms with Gasteiger partial charge in [-0.2, -0.15) is 13.2 Å². The number of rotatable bonds is 4. The first-order chi connectivity index (χ1) is 9.84. The second kappa shape index (κ2) is 6.83. The molecule has 0 bridgehead atoms. The Morgan fingerprint density at radius 3 is 2.62 bits per heavy atom. The Bertz CT molecular complexity index is 471. The zero-order valence-electron chi connectivity index (χ0n) is 11.9. The van der Waals surface area contributed by atoms with Crippen LogP contribution in [0.2, 0.25) is 5.15 Å². The summed E-state index contributed by atoms with van der Waals surface area (Å²) in [5.41, 5.74) is -0.781. The number of halogens is 4. The second-order valence-corrected chi connectivity index (χ2v) is 5.90. The third-order valence-corrected chi connectivity index (χ3v) is 3.93. The van der Waals surface area contributed by atoms with Gasteiger partial charge >= 0.3 is 6.18 Å². The summed E-state index contributed by atoms with van der Waals surface area (Å²) in [6, 6.07) is 1.82. The van der Waals surface area contributed by atoms with E-state index in [0.717, 1.165) is 37.7 Å². The molecule has 118 valence electrons. The molecular weight excluding hydrogens is 303 g/mol. The molecule has 21 heavy (non-hydrogen) atoms.